The third-order valence-corrected chi connectivity index (χ3v) is 3.51. The number of hydrogen-bond donors (Lipinski definition) is 1. The molecule has 0 bridgehead atoms. The van der Waals surface area contributed by atoms with Crippen molar-refractivity contribution in [1.29, 1.82) is 0 Å². The highest BCUT2D eigenvalue weighted by molar-refractivity contribution is 7.99. The Kier molecular flexibility index (Phi) is 4.39. The number of pyridine rings is 1. The lowest BCUT2D eigenvalue weighted by molar-refractivity contribution is 0.667. The van der Waals surface area contributed by atoms with E-state index >= 15 is 0 Å². The van der Waals surface area contributed by atoms with Crippen LogP contribution >= 0.6 is 11.8 Å². The topological polar surface area (TPSA) is 42.2 Å². The van der Waals surface area contributed by atoms with Crippen LogP contribution < -0.4 is 5.32 Å². The number of thioether (sulfide) groups is 1. The van der Waals surface area contributed by atoms with Gasteiger partial charge in [0.2, 0.25) is 0 Å². The summed E-state index contributed by atoms with van der Waals surface area (Å²) >= 11 is 1.76. The Morgan fingerprint density at radius 3 is 3.12 bits per heavy atom. The van der Waals surface area contributed by atoms with Crippen LogP contribution in [0.1, 0.15) is 20.3 Å². The summed E-state index contributed by atoms with van der Waals surface area (Å²) in [5.41, 5.74) is 0.906. The molecule has 17 heavy (non-hydrogen) atoms. The van der Waals surface area contributed by atoms with Crippen molar-refractivity contribution in [1.82, 2.24) is 19.9 Å². The first kappa shape index (κ1) is 12.4. The van der Waals surface area contributed by atoms with Gasteiger partial charge in [0.05, 0.1) is 0 Å². The minimum atomic E-state index is 0.495. The molecule has 2 rings (SSSR count). The van der Waals surface area contributed by atoms with Crippen molar-refractivity contribution in [2.24, 2.45) is 0 Å². The third-order valence-electron chi connectivity index (χ3n) is 2.45. The van der Waals surface area contributed by atoms with Gasteiger partial charge in [-0.15, -0.1) is 10.2 Å². The molecule has 0 aliphatic heterocycles. The lowest BCUT2D eigenvalue weighted by Crippen LogP contribution is -2.23. The highest BCUT2D eigenvalue weighted by atomic mass is 32.2. The van der Waals surface area contributed by atoms with E-state index in [1.165, 1.54) is 6.42 Å². The van der Waals surface area contributed by atoms with Crippen LogP contribution in [0.25, 0.3) is 5.65 Å². The zero-order chi connectivity index (χ0) is 12.1. The first-order valence-electron chi connectivity index (χ1n) is 5.98. The highest BCUT2D eigenvalue weighted by Gasteiger charge is 2.09. The van der Waals surface area contributed by atoms with Gasteiger partial charge in [-0.25, -0.2) is 0 Å². The maximum absolute atomic E-state index is 4.21. The third kappa shape index (κ3) is 3.20. The number of nitrogens with one attached hydrogen (secondary N) is 1. The first-order valence-corrected chi connectivity index (χ1v) is 6.86. The van der Waals surface area contributed by atoms with Gasteiger partial charge >= 0.3 is 0 Å². The van der Waals surface area contributed by atoms with Crippen molar-refractivity contribution in [2.45, 2.75) is 30.7 Å². The Bertz CT molecular complexity index is 468. The molecule has 1 unspecified atom stereocenters. The van der Waals surface area contributed by atoms with Gasteiger partial charge < -0.3 is 5.32 Å². The summed E-state index contributed by atoms with van der Waals surface area (Å²) < 4.78 is 2.03. The van der Waals surface area contributed by atoms with Gasteiger partial charge in [0.15, 0.2) is 10.8 Å². The summed E-state index contributed by atoms with van der Waals surface area (Å²) in [6.07, 6.45) is 3.18. The van der Waals surface area contributed by atoms with Gasteiger partial charge in [0, 0.05) is 18.0 Å². The van der Waals surface area contributed by atoms with Gasteiger partial charge in [-0.2, -0.15) is 0 Å². The van der Waals surface area contributed by atoms with Crippen LogP contribution in [-0.4, -0.2) is 32.9 Å². The van der Waals surface area contributed by atoms with E-state index in [1.807, 2.05) is 28.8 Å². The highest BCUT2D eigenvalue weighted by Crippen LogP contribution is 2.21. The van der Waals surface area contributed by atoms with Crippen molar-refractivity contribution < 1.29 is 0 Å². The molecule has 92 valence electrons. The largest absolute Gasteiger partial charge is 0.316 e. The van der Waals surface area contributed by atoms with Crippen LogP contribution in [0.4, 0.5) is 0 Å². The fourth-order valence-electron chi connectivity index (χ4n) is 1.60. The summed E-state index contributed by atoms with van der Waals surface area (Å²) in [6.45, 7) is 6.46. The molecule has 2 aromatic rings. The molecule has 0 saturated carbocycles. The van der Waals surface area contributed by atoms with Crippen molar-refractivity contribution in [2.75, 3.05) is 13.1 Å². The Balaban J connectivity index is 1.98. The first-order chi connectivity index (χ1) is 8.31. The number of aromatic nitrogens is 3. The minimum Gasteiger partial charge on any atom is -0.316 e. The molecular formula is C12H18N4S. The molecule has 0 saturated heterocycles. The van der Waals surface area contributed by atoms with Crippen LogP contribution in [0.5, 0.6) is 0 Å². The fourth-order valence-corrected chi connectivity index (χ4v) is 2.52. The molecule has 1 N–H and O–H groups in total. The molecule has 5 heteroatoms. The molecule has 0 aromatic carbocycles. The summed E-state index contributed by atoms with van der Waals surface area (Å²) in [7, 11) is 0. The molecule has 1 atom stereocenters. The van der Waals surface area contributed by atoms with E-state index in [0.29, 0.717) is 5.25 Å². The van der Waals surface area contributed by atoms with Crippen molar-refractivity contribution in [3.05, 3.63) is 24.4 Å². The van der Waals surface area contributed by atoms with E-state index in [4.69, 9.17) is 0 Å². The maximum atomic E-state index is 4.21. The second-order valence-corrected chi connectivity index (χ2v) is 5.45. The van der Waals surface area contributed by atoms with Gasteiger partial charge in [0.1, 0.15) is 0 Å². The van der Waals surface area contributed by atoms with Crippen LogP contribution in [0, 0.1) is 0 Å². The smallest absolute Gasteiger partial charge is 0.195 e. The van der Waals surface area contributed by atoms with E-state index < -0.39 is 0 Å². The lowest BCUT2D eigenvalue weighted by atomic mass is 10.4. The molecular weight excluding hydrogens is 232 g/mol. The summed E-state index contributed by atoms with van der Waals surface area (Å²) in [5, 5.41) is 13.2. The van der Waals surface area contributed by atoms with E-state index in [0.717, 1.165) is 23.9 Å². The van der Waals surface area contributed by atoms with Gasteiger partial charge in [0.25, 0.3) is 0 Å². The van der Waals surface area contributed by atoms with Crippen molar-refractivity contribution >= 4 is 17.4 Å². The predicted octanol–water partition coefficient (Wildman–Crippen LogP) is 2.21. The average molecular weight is 250 g/mol. The number of fused-ring (bicyclic) bond motifs is 1. The second kappa shape index (κ2) is 6.02. The maximum Gasteiger partial charge on any atom is 0.195 e. The van der Waals surface area contributed by atoms with E-state index in [9.17, 15) is 0 Å². The molecule has 2 heterocycles. The molecule has 2 aromatic heterocycles. The molecule has 0 radical (unpaired) electrons. The molecule has 4 nitrogen and oxygen atoms in total. The molecule has 0 amide bonds. The van der Waals surface area contributed by atoms with Crippen LogP contribution in [0.15, 0.2) is 29.6 Å². The van der Waals surface area contributed by atoms with Gasteiger partial charge in [-0.05, 0) is 25.1 Å². The summed E-state index contributed by atoms with van der Waals surface area (Å²) in [5.74, 6) is 0. The van der Waals surface area contributed by atoms with Crippen LogP contribution in [-0.2, 0) is 0 Å². The Hall–Kier alpha value is -1.07. The Morgan fingerprint density at radius 2 is 2.29 bits per heavy atom. The molecule has 0 aliphatic carbocycles. The van der Waals surface area contributed by atoms with E-state index in [2.05, 4.69) is 29.4 Å². The predicted molar refractivity (Wildman–Crippen MR) is 71.5 cm³/mol. The summed E-state index contributed by atoms with van der Waals surface area (Å²) in [4.78, 5) is 0. The van der Waals surface area contributed by atoms with Gasteiger partial charge in [-0.1, -0.05) is 31.7 Å². The van der Waals surface area contributed by atoms with E-state index in [1.54, 1.807) is 11.8 Å². The monoisotopic (exact) mass is 250 g/mol. The number of hydrogen-bond acceptors (Lipinski definition) is 4. The quantitative estimate of drug-likeness (QED) is 0.630. The average Bonchev–Trinajstić information content (AvgIpc) is 2.73. The molecule has 0 aliphatic rings. The standard InChI is InChI=1S/C12H18N4S/c1-3-7-13-9-10(2)17-12-15-14-11-6-4-5-8-16(11)12/h4-6,8,10,13H,3,7,9H2,1-2H3. The minimum absolute atomic E-state index is 0.495. The zero-order valence-electron chi connectivity index (χ0n) is 10.3. The Morgan fingerprint density at radius 1 is 1.41 bits per heavy atom. The molecule has 0 spiro atoms. The molecule has 0 fully saturated rings. The Labute approximate surface area is 106 Å². The van der Waals surface area contributed by atoms with Gasteiger partial charge in [-0.3, -0.25) is 4.40 Å². The normalized spacial score (nSPS) is 13.1. The van der Waals surface area contributed by atoms with Crippen LogP contribution in [0.2, 0.25) is 0 Å². The lowest BCUT2D eigenvalue weighted by Gasteiger charge is -2.10. The van der Waals surface area contributed by atoms with Crippen LogP contribution in [0.3, 0.4) is 0 Å². The second-order valence-electron chi connectivity index (χ2n) is 4.04. The number of nitrogens with zero attached hydrogens (tertiary/aromatic N) is 3. The fraction of sp³-hybridized carbons (Fsp3) is 0.500. The van der Waals surface area contributed by atoms with E-state index in [-0.39, 0.29) is 0 Å². The number of rotatable bonds is 6. The zero-order valence-corrected chi connectivity index (χ0v) is 11.1. The van der Waals surface area contributed by atoms with Crippen molar-refractivity contribution in [3.63, 3.8) is 0 Å². The van der Waals surface area contributed by atoms with Crippen molar-refractivity contribution in [3.8, 4) is 0 Å². The summed E-state index contributed by atoms with van der Waals surface area (Å²) in [6, 6.07) is 5.95. The SMILES string of the molecule is CCCNCC(C)Sc1nnc2ccccn12.